The number of hydrogen-bond acceptors (Lipinski definition) is 5. The van der Waals surface area contributed by atoms with Gasteiger partial charge < -0.3 is 9.80 Å². The van der Waals surface area contributed by atoms with Crippen LogP contribution in [0.5, 0.6) is 0 Å². The van der Waals surface area contributed by atoms with Crippen molar-refractivity contribution >= 4 is 11.7 Å². The van der Waals surface area contributed by atoms with Gasteiger partial charge in [0, 0.05) is 50.4 Å². The molecule has 24 heavy (non-hydrogen) atoms. The molecule has 0 radical (unpaired) electrons. The quantitative estimate of drug-likeness (QED) is 0.862. The van der Waals surface area contributed by atoms with Crippen LogP contribution in [0.3, 0.4) is 0 Å². The normalized spacial score (nSPS) is 17.1. The van der Waals surface area contributed by atoms with Gasteiger partial charge in [-0.2, -0.15) is 0 Å². The monoisotopic (exact) mass is 325 g/mol. The van der Waals surface area contributed by atoms with Crippen molar-refractivity contribution in [2.45, 2.75) is 32.2 Å². The van der Waals surface area contributed by atoms with Crippen LogP contribution in [0.25, 0.3) is 11.4 Å². The van der Waals surface area contributed by atoms with E-state index < -0.39 is 0 Å². The summed E-state index contributed by atoms with van der Waals surface area (Å²) in [5.74, 6) is 1.66. The van der Waals surface area contributed by atoms with Crippen molar-refractivity contribution in [3.8, 4) is 11.4 Å². The fourth-order valence-electron chi connectivity index (χ4n) is 3.04. The zero-order valence-electron chi connectivity index (χ0n) is 14.4. The van der Waals surface area contributed by atoms with E-state index in [4.69, 9.17) is 4.98 Å². The number of pyridine rings is 1. The van der Waals surface area contributed by atoms with Crippen LogP contribution in [0.15, 0.2) is 30.6 Å². The van der Waals surface area contributed by atoms with Crippen molar-refractivity contribution in [3.05, 3.63) is 36.3 Å². The third-order valence-corrected chi connectivity index (χ3v) is 4.34. The fourth-order valence-corrected chi connectivity index (χ4v) is 3.04. The smallest absolute Gasteiger partial charge is 0.244 e. The van der Waals surface area contributed by atoms with Crippen LogP contribution >= 0.6 is 0 Å². The molecule has 0 N–H and O–H groups in total. The zero-order chi connectivity index (χ0) is 17.1. The van der Waals surface area contributed by atoms with Crippen LogP contribution in [0.2, 0.25) is 0 Å². The lowest BCUT2D eigenvalue weighted by Crippen LogP contribution is -2.43. The van der Waals surface area contributed by atoms with Crippen LogP contribution in [0.4, 0.5) is 5.82 Å². The molecule has 2 aromatic rings. The average Bonchev–Trinajstić information content (AvgIpc) is 3.11. The largest absolute Gasteiger partial charge is 0.347 e. The van der Waals surface area contributed by atoms with Gasteiger partial charge in [0.05, 0.1) is 0 Å². The first-order valence-electron chi connectivity index (χ1n) is 8.36. The summed E-state index contributed by atoms with van der Waals surface area (Å²) in [6.45, 7) is 2.93. The average molecular weight is 325 g/mol. The molecule has 1 aliphatic rings. The number of rotatable bonds is 4. The van der Waals surface area contributed by atoms with Gasteiger partial charge in [0.2, 0.25) is 5.91 Å². The molecule has 6 nitrogen and oxygen atoms in total. The molecule has 0 unspecified atom stereocenters. The van der Waals surface area contributed by atoms with E-state index in [9.17, 15) is 4.79 Å². The number of carbonyl (C=O) groups excluding carboxylic acids is 1. The van der Waals surface area contributed by atoms with Crippen molar-refractivity contribution < 1.29 is 4.79 Å². The number of likely N-dealkylation sites (N-methyl/N-ethyl adjacent to an activating group) is 1. The molecule has 0 spiro atoms. The van der Waals surface area contributed by atoms with Gasteiger partial charge in [-0.15, -0.1) is 0 Å². The van der Waals surface area contributed by atoms with Gasteiger partial charge in [-0.25, -0.2) is 9.97 Å². The minimum atomic E-state index is -0.134. The predicted molar refractivity (Wildman–Crippen MR) is 93.7 cm³/mol. The molecule has 1 saturated heterocycles. The van der Waals surface area contributed by atoms with E-state index in [1.807, 2.05) is 18.2 Å². The summed E-state index contributed by atoms with van der Waals surface area (Å²) in [5, 5.41) is 0. The molecule has 3 heterocycles. The molecule has 0 aromatic carbocycles. The summed E-state index contributed by atoms with van der Waals surface area (Å²) < 4.78 is 0. The van der Waals surface area contributed by atoms with E-state index in [0.29, 0.717) is 5.82 Å². The second kappa shape index (κ2) is 6.95. The molecule has 2 aromatic heterocycles. The summed E-state index contributed by atoms with van der Waals surface area (Å²) in [6, 6.07) is 5.69. The lowest BCUT2D eigenvalue weighted by molar-refractivity contribution is -0.129. The molecule has 126 valence electrons. The first-order chi connectivity index (χ1) is 11.6. The Kier molecular flexibility index (Phi) is 4.74. The third kappa shape index (κ3) is 3.22. The van der Waals surface area contributed by atoms with Crippen molar-refractivity contribution in [3.63, 3.8) is 0 Å². The standard InChI is InChI=1S/C18H23N5O/c1-4-14-12-16(21-17(20-14)13-7-9-19-10-8-13)23-11-5-6-15(23)18(24)22(2)3/h7-10,12,15H,4-6,11H2,1-3H3/t15-/m1/s1. The van der Waals surface area contributed by atoms with Crippen molar-refractivity contribution in [1.82, 2.24) is 19.9 Å². The molecular formula is C18H23N5O. The maximum atomic E-state index is 12.5. The lowest BCUT2D eigenvalue weighted by Gasteiger charge is -2.27. The van der Waals surface area contributed by atoms with Gasteiger partial charge in [0.15, 0.2) is 5.82 Å². The number of anilines is 1. The Balaban J connectivity index is 1.99. The van der Waals surface area contributed by atoms with Crippen LogP contribution in [-0.4, -0.2) is 52.4 Å². The number of aryl methyl sites for hydroxylation is 1. The molecule has 0 aliphatic carbocycles. The molecule has 3 rings (SSSR count). The molecule has 1 fully saturated rings. The van der Waals surface area contributed by atoms with E-state index in [-0.39, 0.29) is 11.9 Å². The van der Waals surface area contributed by atoms with Gasteiger partial charge in [0.25, 0.3) is 0 Å². The summed E-state index contributed by atoms with van der Waals surface area (Å²) >= 11 is 0. The number of aromatic nitrogens is 3. The Morgan fingerprint density at radius 3 is 2.71 bits per heavy atom. The second-order valence-corrected chi connectivity index (χ2v) is 6.21. The predicted octanol–water partition coefficient (Wildman–Crippen LogP) is 2.16. The van der Waals surface area contributed by atoms with E-state index in [1.54, 1.807) is 31.4 Å². The Bertz CT molecular complexity index is 717. The minimum Gasteiger partial charge on any atom is -0.347 e. The summed E-state index contributed by atoms with van der Waals surface area (Å²) in [7, 11) is 3.61. The first kappa shape index (κ1) is 16.4. The molecule has 0 saturated carbocycles. The highest BCUT2D eigenvalue weighted by atomic mass is 16.2. The van der Waals surface area contributed by atoms with Gasteiger partial charge in [0.1, 0.15) is 11.9 Å². The molecule has 1 aliphatic heterocycles. The zero-order valence-corrected chi connectivity index (χ0v) is 14.4. The lowest BCUT2D eigenvalue weighted by atomic mass is 10.2. The Labute approximate surface area is 142 Å². The SMILES string of the molecule is CCc1cc(N2CCC[C@@H]2C(=O)N(C)C)nc(-c2ccncc2)n1. The summed E-state index contributed by atoms with van der Waals surface area (Å²) in [5.41, 5.74) is 1.92. The van der Waals surface area contributed by atoms with Gasteiger partial charge >= 0.3 is 0 Å². The van der Waals surface area contributed by atoms with Crippen molar-refractivity contribution in [2.24, 2.45) is 0 Å². The van der Waals surface area contributed by atoms with Crippen molar-refractivity contribution in [1.29, 1.82) is 0 Å². The van der Waals surface area contributed by atoms with E-state index in [1.165, 1.54) is 0 Å². The number of hydrogen-bond donors (Lipinski definition) is 0. The number of carbonyl (C=O) groups is 1. The molecule has 6 heteroatoms. The Hall–Kier alpha value is -2.50. The van der Waals surface area contributed by atoms with Crippen LogP contribution in [-0.2, 0) is 11.2 Å². The number of nitrogens with zero attached hydrogens (tertiary/aromatic N) is 5. The van der Waals surface area contributed by atoms with E-state index in [0.717, 1.165) is 42.9 Å². The minimum absolute atomic E-state index is 0.134. The first-order valence-corrected chi connectivity index (χ1v) is 8.36. The third-order valence-electron chi connectivity index (χ3n) is 4.34. The Morgan fingerprint density at radius 2 is 2.04 bits per heavy atom. The van der Waals surface area contributed by atoms with Crippen LogP contribution < -0.4 is 4.90 Å². The topological polar surface area (TPSA) is 62.2 Å². The summed E-state index contributed by atoms with van der Waals surface area (Å²) in [4.78, 5) is 29.7. The molecule has 1 atom stereocenters. The van der Waals surface area contributed by atoms with Crippen LogP contribution in [0, 0.1) is 0 Å². The van der Waals surface area contributed by atoms with Crippen molar-refractivity contribution in [2.75, 3.05) is 25.5 Å². The summed E-state index contributed by atoms with van der Waals surface area (Å²) in [6.07, 6.45) is 6.18. The highest BCUT2D eigenvalue weighted by Gasteiger charge is 2.33. The molecule has 1 amide bonds. The van der Waals surface area contributed by atoms with Gasteiger partial charge in [-0.05, 0) is 31.4 Å². The molecule has 0 bridgehead atoms. The van der Waals surface area contributed by atoms with E-state index in [2.05, 4.69) is 21.8 Å². The number of amides is 1. The van der Waals surface area contributed by atoms with E-state index >= 15 is 0 Å². The fraction of sp³-hybridized carbons (Fsp3) is 0.444. The Morgan fingerprint density at radius 1 is 1.29 bits per heavy atom. The van der Waals surface area contributed by atoms with Gasteiger partial charge in [-0.1, -0.05) is 6.92 Å². The highest BCUT2D eigenvalue weighted by Crippen LogP contribution is 2.27. The second-order valence-electron chi connectivity index (χ2n) is 6.21. The van der Waals surface area contributed by atoms with Crippen LogP contribution in [0.1, 0.15) is 25.5 Å². The maximum absolute atomic E-state index is 12.5. The van der Waals surface area contributed by atoms with Gasteiger partial charge in [-0.3, -0.25) is 9.78 Å². The molecular weight excluding hydrogens is 302 g/mol. The maximum Gasteiger partial charge on any atom is 0.244 e. The highest BCUT2D eigenvalue weighted by molar-refractivity contribution is 5.85.